The second-order valence-electron chi connectivity index (χ2n) is 8.00. The minimum atomic E-state index is -0.461. The number of aromatic nitrogens is 1. The van der Waals surface area contributed by atoms with Crippen LogP contribution in [0.2, 0.25) is 0 Å². The van der Waals surface area contributed by atoms with Crippen molar-refractivity contribution in [1.29, 1.82) is 0 Å². The van der Waals surface area contributed by atoms with Crippen molar-refractivity contribution in [3.05, 3.63) is 66.7 Å². The number of hydrogen-bond acceptors (Lipinski definition) is 6. The number of benzene rings is 3. The van der Waals surface area contributed by atoms with Crippen molar-refractivity contribution in [2.24, 2.45) is 5.92 Å². The van der Waals surface area contributed by atoms with Crippen LogP contribution in [-0.2, 0) is 9.59 Å². The number of hydrogen-bond donors (Lipinski definition) is 1. The third-order valence-corrected chi connectivity index (χ3v) is 5.87. The Hall–Kier alpha value is -4.33. The van der Waals surface area contributed by atoms with Crippen molar-refractivity contribution in [2.75, 3.05) is 31.0 Å². The lowest BCUT2D eigenvalue weighted by atomic mass is 10.1. The first-order chi connectivity index (χ1) is 16.6. The summed E-state index contributed by atoms with van der Waals surface area (Å²) in [5, 5.41) is 2.91. The molecule has 1 unspecified atom stereocenters. The highest BCUT2D eigenvalue weighted by Gasteiger charge is 2.35. The van der Waals surface area contributed by atoms with Gasteiger partial charge < -0.3 is 24.1 Å². The lowest BCUT2D eigenvalue weighted by molar-refractivity contribution is -0.122. The molecule has 1 fully saturated rings. The highest BCUT2D eigenvalue weighted by atomic mass is 16.5. The Balaban J connectivity index is 1.26. The van der Waals surface area contributed by atoms with Gasteiger partial charge in [0.1, 0.15) is 5.52 Å². The molecule has 0 saturated carbocycles. The van der Waals surface area contributed by atoms with Gasteiger partial charge in [-0.25, -0.2) is 4.98 Å². The molecule has 1 aliphatic heterocycles. The maximum Gasteiger partial charge on any atom is 0.229 e. The van der Waals surface area contributed by atoms with Gasteiger partial charge in [-0.2, -0.15) is 0 Å². The third kappa shape index (κ3) is 4.05. The molecule has 8 heteroatoms. The van der Waals surface area contributed by atoms with E-state index in [9.17, 15) is 9.59 Å². The van der Waals surface area contributed by atoms with Crippen LogP contribution in [0, 0.1) is 5.92 Å². The van der Waals surface area contributed by atoms with E-state index in [1.165, 1.54) is 0 Å². The van der Waals surface area contributed by atoms with E-state index in [1.807, 2.05) is 36.4 Å². The number of ether oxygens (including phenoxy) is 2. The number of amides is 2. The standard InChI is InChI=1S/C26H23N3O5/c1-32-22-12-11-19(14-23(22)33-2)29-15-17(13-24(29)30)25(31)27-18-9-7-16(8-10-18)26-28-20-5-3-4-6-21(20)34-26/h3-12,14,17H,13,15H2,1-2H3,(H,27,31). The van der Waals surface area contributed by atoms with Gasteiger partial charge in [0, 0.05) is 36.0 Å². The van der Waals surface area contributed by atoms with Gasteiger partial charge in [0.05, 0.1) is 20.1 Å². The number of para-hydroxylation sites is 2. The summed E-state index contributed by atoms with van der Waals surface area (Å²) in [5.41, 5.74) is 3.63. The molecule has 1 aliphatic rings. The Morgan fingerprint density at radius 1 is 1.03 bits per heavy atom. The first-order valence-electron chi connectivity index (χ1n) is 10.8. The van der Waals surface area contributed by atoms with E-state index >= 15 is 0 Å². The molecule has 0 bridgehead atoms. The number of nitrogens with zero attached hydrogens (tertiary/aromatic N) is 2. The number of rotatable bonds is 6. The van der Waals surface area contributed by atoms with Crippen molar-refractivity contribution in [3.8, 4) is 23.0 Å². The smallest absolute Gasteiger partial charge is 0.229 e. The van der Waals surface area contributed by atoms with Crippen LogP contribution in [-0.4, -0.2) is 37.6 Å². The Morgan fingerprint density at radius 3 is 2.53 bits per heavy atom. The van der Waals surface area contributed by atoms with E-state index in [-0.39, 0.29) is 18.2 Å². The summed E-state index contributed by atoms with van der Waals surface area (Å²) < 4.78 is 16.4. The summed E-state index contributed by atoms with van der Waals surface area (Å²) >= 11 is 0. The number of carbonyl (C=O) groups is 2. The molecule has 1 aromatic heterocycles. The molecule has 1 N–H and O–H groups in total. The lowest BCUT2D eigenvalue weighted by Gasteiger charge is -2.18. The summed E-state index contributed by atoms with van der Waals surface area (Å²) in [6.07, 6.45) is 0.140. The summed E-state index contributed by atoms with van der Waals surface area (Å²) in [7, 11) is 3.10. The van der Waals surface area contributed by atoms with Crippen molar-refractivity contribution in [1.82, 2.24) is 4.98 Å². The molecule has 1 atom stereocenters. The summed E-state index contributed by atoms with van der Waals surface area (Å²) in [6.45, 7) is 0.293. The van der Waals surface area contributed by atoms with E-state index in [0.29, 0.717) is 35.3 Å². The van der Waals surface area contributed by atoms with Crippen LogP contribution in [0.1, 0.15) is 6.42 Å². The average Bonchev–Trinajstić information content (AvgIpc) is 3.48. The van der Waals surface area contributed by atoms with Crippen LogP contribution in [0.25, 0.3) is 22.6 Å². The van der Waals surface area contributed by atoms with E-state index in [2.05, 4.69) is 10.3 Å². The van der Waals surface area contributed by atoms with Crippen LogP contribution in [0.3, 0.4) is 0 Å². The number of methoxy groups -OCH3 is 2. The topological polar surface area (TPSA) is 93.9 Å². The second kappa shape index (κ2) is 8.90. The SMILES string of the molecule is COc1ccc(N2CC(C(=O)Nc3ccc(-c4nc5ccccc5o4)cc3)CC2=O)cc1OC. The predicted molar refractivity (Wildman–Crippen MR) is 128 cm³/mol. The first-order valence-corrected chi connectivity index (χ1v) is 10.8. The average molecular weight is 457 g/mol. The van der Waals surface area contributed by atoms with Crippen molar-refractivity contribution in [2.45, 2.75) is 6.42 Å². The summed E-state index contributed by atoms with van der Waals surface area (Å²) in [6, 6.07) is 20.1. The molecule has 2 heterocycles. The van der Waals surface area contributed by atoms with E-state index < -0.39 is 5.92 Å². The highest BCUT2D eigenvalue weighted by Crippen LogP contribution is 2.34. The normalized spacial score (nSPS) is 15.5. The molecule has 172 valence electrons. The zero-order valence-corrected chi connectivity index (χ0v) is 18.8. The molecule has 4 aromatic rings. The predicted octanol–water partition coefficient (Wildman–Crippen LogP) is 4.50. The lowest BCUT2D eigenvalue weighted by Crippen LogP contribution is -2.28. The number of oxazole rings is 1. The van der Waals surface area contributed by atoms with Gasteiger partial charge in [-0.1, -0.05) is 12.1 Å². The fourth-order valence-electron chi connectivity index (χ4n) is 4.06. The van der Waals surface area contributed by atoms with Crippen LogP contribution in [0.15, 0.2) is 71.1 Å². The maximum absolute atomic E-state index is 12.9. The van der Waals surface area contributed by atoms with Crippen molar-refractivity contribution >= 4 is 34.3 Å². The fraction of sp³-hybridized carbons (Fsp3) is 0.192. The van der Waals surface area contributed by atoms with Crippen LogP contribution in [0.5, 0.6) is 11.5 Å². The molecular formula is C26H23N3O5. The highest BCUT2D eigenvalue weighted by molar-refractivity contribution is 6.03. The quantitative estimate of drug-likeness (QED) is 0.458. The molecule has 34 heavy (non-hydrogen) atoms. The number of anilines is 2. The number of carbonyl (C=O) groups excluding carboxylic acids is 2. The van der Waals surface area contributed by atoms with Gasteiger partial charge >= 0.3 is 0 Å². The third-order valence-electron chi connectivity index (χ3n) is 5.87. The molecular weight excluding hydrogens is 434 g/mol. The Bertz CT molecular complexity index is 1330. The molecule has 8 nitrogen and oxygen atoms in total. The monoisotopic (exact) mass is 457 g/mol. The van der Waals surface area contributed by atoms with Gasteiger partial charge in [-0.05, 0) is 48.5 Å². The Morgan fingerprint density at radius 2 is 1.79 bits per heavy atom. The van der Waals surface area contributed by atoms with Crippen molar-refractivity contribution in [3.63, 3.8) is 0 Å². The first kappa shape index (κ1) is 21.5. The molecule has 5 rings (SSSR count). The van der Waals surface area contributed by atoms with Gasteiger partial charge in [0.15, 0.2) is 17.1 Å². The summed E-state index contributed by atoms with van der Waals surface area (Å²) in [5.74, 6) is 0.848. The minimum absolute atomic E-state index is 0.112. The zero-order chi connectivity index (χ0) is 23.7. The maximum atomic E-state index is 12.9. The number of fused-ring (bicyclic) bond motifs is 1. The fourth-order valence-corrected chi connectivity index (χ4v) is 4.06. The Kier molecular flexibility index (Phi) is 5.63. The van der Waals surface area contributed by atoms with E-state index in [1.54, 1.807) is 49.5 Å². The minimum Gasteiger partial charge on any atom is -0.493 e. The van der Waals surface area contributed by atoms with Gasteiger partial charge in [-0.15, -0.1) is 0 Å². The largest absolute Gasteiger partial charge is 0.493 e. The van der Waals surface area contributed by atoms with Crippen LogP contribution < -0.4 is 19.7 Å². The molecule has 1 saturated heterocycles. The Labute approximate surface area is 196 Å². The van der Waals surface area contributed by atoms with Crippen LogP contribution in [0.4, 0.5) is 11.4 Å². The molecule has 0 radical (unpaired) electrons. The molecule has 0 spiro atoms. The van der Waals surface area contributed by atoms with E-state index in [0.717, 1.165) is 16.7 Å². The van der Waals surface area contributed by atoms with Gasteiger partial charge in [-0.3, -0.25) is 9.59 Å². The van der Waals surface area contributed by atoms with E-state index in [4.69, 9.17) is 13.9 Å². The second-order valence-corrected chi connectivity index (χ2v) is 8.00. The van der Waals surface area contributed by atoms with Crippen LogP contribution >= 0.6 is 0 Å². The number of nitrogens with one attached hydrogen (secondary N) is 1. The van der Waals surface area contributed by atoms with Crippen molar-refractivity contribution < 1.29 is 23.5 Å². The molecule has 2 amide bonds. The molecule has 0 aliphatic carbocycles. The van der Waals surface area contributed by atoms with Gasteiger partial charge in [0.2, 0.25) is 17.7 Å². The van der Waals surface area contributed by atoms with Gasteiger partial charge in [0.25, 0.3) is 0 Å². The molecule has 3 aromatic carbocycles. The summed E-state index contributed by atoms with van der Waals surface area (Å²) in [4.78, 5) is 31.6. The zero-order valence-electron chi connectivity index (χ0n) is 18.8.